The maximum absolute atomic E-state index is 12.1. The van der Waals surface area contributed by atoms with Gasteiger partial charge in [0.2, 0.25) is 0 Å². The van der Waals surface area contributed by atoms with E-state index in [1.54, 1.807) is 12.1 Å². The smallest absolute Gasteiger partial charge is 0.322 e. The van der Waals surface area contributed by atoms with E-state index in [-0.39, 0.29) is 16.9 Å². The summed E-state index contributed by atoms with van der Waals surface area (Å²) in [6.07, 6.45) is 0.629. The summed E-state index contributed by atoms with van der Waals surface area (Å²) in [4.78, 5) is 22.7. The van der Waals surface area contributed by atoms with E-state index in [4.69, 9.17) is 16.7 Å². The third-order valence-electron chi connectivity index (χ3n) is 3.46. The highest BCUT2D eigenvalue weighted by atomic mass is 35.5. The second-order valence-corrected chi connectivity index (χ2v) is 5.36. The van der Waals surface area contributed by atoms with Crippen LogP contribution in [0.1, 0.15) is 21.5 Å². The predicted octanol–water partition coefficient (Wildman–Crippen LogP) is 1.63. The van der Waals surface area contributed by atoms with Gasteiger partial charge in [-0.25, -0.2) is 0 Å². The number of phenols is 1. The molecule has 2 aromatic rings. The monoisotopic (exact) mass is 337 g/mol. The molecule has 0 radical (unpaired) electrons. The molecule has 0 fully saturated rings. The number of rotatable bonds is 6. The van der Waals surface area contributed by atoms with E-state index in [2.05, 4.69) is 5.32 Å². The van der Waals surface area contributed by atoms with Gasteiger partial charge in [0.05, 0.1) is 12.2 Å². The first-order chi connectivity index (χ1) is 11.0. The summed E-state index contributed by atoms with van der Waals surface area (Å²) >= 11 is 5.73. The van der Waals surface area contributed by atoms with E-state index >= 15 is 0 Å². The number of aliphatic carboxylic acids is 1. The lowest BCUT2D eigenvalue weighted by molar-refractivity contribution is -0.135. The molecular formula is C16H16ClNO5. The predicted molar refractivity (Wildman–Crippen MR) is 85.9 cm³/mol. The van der Waals surface area contributed by atoms with Crippen LogP contribution in [0.25, 0.3) is 10.8 Å². The Labute approximate surface area is 137 Å². The van der Waals surface area contributed by atoms with Gasteiger partial charge in [-0.3, -0.25) is 9.59 Å². The summed E-state index contributed by atoms with van der Waals surface area (Å²) in [6.45, 7) is -1.04. The Hall–Kier alpha value is -2.31. The first kappa shape index (κ1) is 17.1. The van der Waals surface area contributed by atoms with Crippen molar-refractivity contribution in [2.24, 2.45) is 0 Å². The number of nitrogens with one attached hydrogen (secondary N) is 1. The number of fused-ring (bicyclic) bond motifs is 1. The van der Waals surface area contributed by atoms with Gasteiger partial charge in [0, 0.05) is 11.4 Å². The van der Waals surface area contributed by atoms with Gasteiger partial charge in [-0.15, -0.1) is 11.6 Å². The van der Waals surface area contributed by atoms with Crippen molar-refractivity contribution in [3.05, 3.63) is 41.0 Å². The molecule has 0 aliphatic rings. The zero-order chi connectivity index (χ0) is 17.0. The summed E-state index contributed by atoms with van der Waals surface area (Å²) in [7, 11) is 0. The molecule has 0 bridgehead atoms. The summed E-state index contributed by atoms with van der Waals surface area (Å²) < 4.78 is 0. The van der Waals surface area contributed by atoms with E-state index in [9.17, 15) is 19.8 Å². The molecule has 1 amide bonds. The third-order valence-corrected chi connectivity index (χ3v) is 3.65. The number of aliphatic hydroxyl groups is 1. The average Bonchev–Trinajstić information content (AvgIpc) is 2.51. The molecule has 0 heterocycles. The van der Waals surface area contributed by atoms with Gasteiger partial charge in [-0.1, -0.05) is 18.2 Å². The lowest BCUT2D eigenvalue weighted by atomic mass is 9.95. The number of carbonyl (C=O) groups excluding carboxylic acids is 1. The van der Waals surface area contributed by atoms with E-state index in [1.807, 2.05) is 6.07 Å². The minimum absolute atomic E-state index is 0.121. The summed E-state index contributed by atoms with van der Waals surface area (Å²) in [5.41, 5.74) is 1.06. The summed E-state index contributed by atoms with van der Waals surface area (Å²) in [5, 5.41) is 31.8. The Morgan fingerprint density at radius 1 is 1.22 bits per heavy atom. The van der Waals surface area contributed by atoms with E-state index in [0.29, 0.717) is 23.1 Å². The van der Waals surface area contributed by atoms with Crippen LogP contribution in [0, 0.1) is 0 Å². The highest BCUT2D eigenvalue weighted by molar-refractivity contribution is 6.18. The van der Waals surface area contributed by atoms with Gasteiger partial charge in [-0.2, -0.15) is 0 Å². The Bertz CT molecular complexity index is 760. The molecule has 2 aromatic carbocycles. The number of hydrogen-bond donors (Lipinski definition) is 4. The van der Waals surface area contributed by atoms with Gasteiger partial charge in [-0.05, 0) is 28.8 Å². The van der Waals surface area contributed by atoms with E-state index in [0.717, 1.165) is 5.56 Å². The normalized spacial score (nSPS) is 10.7. The number of aliphatic hydroxyl groups excluding tert-OH is 1. The number of alkyl halides is 1. The van der Waals surface area contributed by atoms with Crippen LogP contribution in [-0.4, -0.2) is 39.6 Å². The molecule has 0 saturated heterocycles. The van der Waals surface area contributed by atoms with E-state index in [1.165, 1.54) is 6.07 Å². The number of carbonyl (C=O) groups is 2. The molecule has 23 heavy (non-hydrogen) atoms. The van der Waals surface area contributed by atoms with Crippen LogP contribution in [0.4, 0.5) is 0 Å². The minimum atomic E-state index is -1.20. The number of benzene rings is 2. The SMILES string of the molecule is O=C(O)CNC(=O)c1c(O)cc2ccc(CCCl)cc2c1CO. The fourth-order valence-corrected chi connectivity index (χ4v) is 2.64. The number of aryl methyl sites for hydroxylation is 1. The van der Waals surface area contributed by atoms with Gasteiger partial charge in [0.1, 0.15) is 12.3 Å². The molecule has 0 aliphatic carbocycles. The highest BCUT2D eigenvalue weighted by Crippen LogP contribution is 2.31. The van der Waals surface area contributed by atoms with Crippen LogP contribution in [-0.2, 0) is 17.8 Å². The van der Waals surface area contributed by atoms with Crippen LogP contribution in [0.2, 0.25) is 0 Å². The maximum atomic E-state index is 12.1. The van der Waals surface area contributed by atoms with Crippen LogP contribution >= 0.6 is 11.6 Å². The van der Waals surface area contributed by atoms with Gasteiger partial charge >= 0.3 is 5.97 Å². The molecule has 2 rings (SSSR count). The Kier molecular flexibility index (Phi) is 5.41. The second kappa shape index (κ2) is 7.30. The van der Waals surface area contributed by atoms with E-state index < -0.39 is 25.0 Å². The van der Waals surface area contributed by atoms with Crippen molar-refractivity contribution in [3.63, 3.8) is 0 Å². The zero-order valence-corrected chi connectivity index (χ0v) is 12.9. The number of amides is 1. The standard InChI is InChI=1S/C16H16ClNO5/c17-4-3-9-1-2-10-6-13(20)15(12(8-19)11(10)5-9)16(23)18-7-14(21)22/h1-2,5-6,19-20H,3-4,7-8H2,(H,18,23)(H,21,22). The molecule has 0 saturated carbocycles. The molecule has 0 unspecified atom stereocenters. The fourth-order valence-electron chi connectivity index (χ4n) is 2.43. The number of carboxylic acids is 1. The lowest BCUT2D eigenvalue weighted by Crippen LogP contribution is -2.30. The molecule has 4 N–H and O–H groups in total. The largest absolute Gasteiger partial charge is 0.507 e. The molecular weight excluding hydrogens is 322 g/mol. The topological polar surface area (TPSA) is 107 Å². The van der Waals surface area contributed by atoms with Crippen LogP contribution in [0.5, 0.6) is 5.75 Å². The molecule has 7 heteroatoms. The molecule has 122 valence electrons. The first-order valence-corrected chi connectivity index (χ1v) is 7.45. The Morgan fingerprint density at radius 3 is 2.57 bits per heavy atom. The zero-order valence-electron chi connectivity index (χ0n) is 12.2. The molecule has 0 atom stereocenters. The van der Waals surface area contributed by atoms with Crippen molar-refractivity contribution >= 4 is 34.2 Å². The van der Waals surface area contributed by atoms with Crippen LogP contribution in [0.3, 0.4) is 0 Å². The Morgan fingerprint density at radius 2 is 1.96 bits per heavy atom. The third kappa shape index (κ3) is 3.72. The van der Waals surface area contributed by atoms with Gasteiger partial charge in [0.25, 0.3) is 5.91 Å². The van der Waals surface area contributed by atoms with Crippen LogP contribution < -0.4 is 5.32 Å². The van der Waals surface area contributed by atoms with Crippen molar-refractivity contribution < 1.29 is 24.9 Å². The van der Waals surface area contributed by atoms with Crippen molar-refractivity contribution in [3.8, 4) is 5.75 Å². The van der Waals surface area contributed by atoms with Crippen molar-refractivity contribution in [1.29, 1.82) is 0 Å². The fraction of sp³-hybridized carbons (Fsp3) is 0.250. The molecule has 0 spiro atoms. The molecule has 6 nitrogen and oxygen atoms in total. The summed E-state index contributed by atoms with van der Waals surface area (Å²) in [6, 6.07) is 6.84. The number of carboxylic acid groups (broad SMARTS) is 1. The first-order valence-electron chi connectivity index (χ1n) is 6.92. The summed E-state index contributed by atoms with van der Waals surface area (Å²) in [5.74, 6) is -1.83. The van der Waals surface area contributed by atoms with Crippen molar-refractivity contribution in [2.45, 2.75) is 13.0 Å². The van der Waals surface area contributed by atoms with Gasteiger partial charge in [0.15, 0.2) is 0 Å². The number of aromatic hydroxyl groups is 1. The second-order valence-electron chi connectivity index (χ2n) is 4.98. The van der Waals surface area contributed by atoms with Crippen LogP contribution in [0.15, 0.2) is 24.3 Å². The van der Waals surface area contributed by atoms with Gasteiger partial charge < -0.3 is 20.6 Å². The molecule has 0 aromatic heterocycles. The molecule has 0 aliphatic heterocycles. The van der Waals surface area contributed by atoms with Crippen molar-refractivity contribution in [2.75, 3.05) is 12.4 Å². The maximum Gasteiger partial charge on any atom is 0.322 e. The highest BCUT2D eigenvalue weighted by Gasteiger charge is 2.20. The quantitative estimate of drug-likeness (QED) is 0.599. The Balaban J connectivity index is 2.56. The number of phenolic OH excluding ortho intramolecular Hbond substituents is 1. The number of hydrogen-bond acceptors (Lipinski definition) is 4. The average molecular weight is 338 g/mol. The van der Waals surface area contributed by atoms with Crippen molar-refractivity contribution in [1.82, 2.24) is 5.32 Å². The lowest BCUT2D eigenvalue weighted by Gasteiger charge is -2.14. The minimum Gasteiger partial charge on any atom is -0.507 e. The number of halogens is 1.